The highest BCUT2D eigenvalue weighted by Gasteiger charge is 2.32. The summed E-state index contributed by atoms with van der Waals surface area (Å²) in [7, 11) is 0. The monoisotopic (exact) mass is 456 g/mol. The van der Waals surface area contributed by atoms with Gasteiger partial charge in [-0.25, -0.2) is 4.39 Å². The Morgan fingerprint density at radius 3 is 2.52 bits per heavy atom. The van der Waals surface area contributed by atoms with Gasteiger partial charge in [0, 0.05) is 11.1 Å². The minimum atomic E-state index is -0.390. The molecule has 1 amide bonds. The van der Waals surface area contributed by atoms with Gasteiger partial charge in [-0.3, -0.25) is 9.69 Å². The Labute approximate surface area is 189 Å². The molecule has 8 heteroatoms. The van der Waals surface area contributed by atoms with Gasteiger partial charge in [-0.05, 0) is 85.7 Å². The van der Waals surface area contributed by atoms with Crippen molar-refractivity contribution < 1.29 is 18.3 Å². The molecule has 0 aliphatic carbocycles. The molecule has 5 nitrogen and oxygen atoms in total. The number of aryl methyl sites for hydroxylation is 2. The molecule has 2 aromatic carbocycles. The Bertz CT molecular complexity index is 1180. The molecule has 1 N–H and O–H groups in total. The lowest BCUT2D eigenvalue weighted by atomic mass is 10.1. The second-order valence-corrected chi connectivity index (χ2v) is 7.83. The molecule has 0 atom stereocenters. The molecule has 3 aromatic rings. The maximum absolute atomic E-state index is 13.2. The fraction of sp³-hybridized carbons (Fsp3) is 0.130. The molecule has 158 valence electrons. The van der Waals surface area contributed by atoms with Crippen LogP contribution in [0.25, 0.3) is 6.08 Å². The minimum Gasteiger partial charge on any atom is -0.486 e. The number of carbonyl (C=O) groups is 1. The lowest BCUT2D eigenvalue weighted by Crippen LogP contribution is -2.30. The van der Waals surface area contributed by atoms with Crippen molar-refractivity contribution in [2.75, 3.05) is 4.90 Å². The molecule has 0 radical (unpaired) electrons. The van der Waals surface area contributed by atoms with Crippen molar-refractivity contribution in [1.82, 2.24) is 5.32 Å². The predicted octanol–water partition coefficient (Wildman–Crippen LogP) is 5.53. The van der Waals surface area contributed by atoms with Crippen LogP contribution in [-0.4, -0.2) is 11.0 Å². The molecule has 2 heterocycles. The number of anilines is 1. The fourth-order valence-electron chi connectivity index (χ4n) is 3.20. The molecule has 1 aromatic heterocycles. The predicted molar refractivity (Wildman–Crippen MR) is 122 cm³/mol. The van der Waals surface area contributed by atoms with E-state index in [-0.39, 0.29) is 29.1 Å². The topological polar surface area (TPSA) is 54.7 Å². The third-order valence-corrected chi connectivity index (χ3v) is 5.60. The highest BCUT2D eigenvalue weighted by atomic mass is 35.5. The summed E-state index contributed by atoms with van der Waals surface area (Å²) in [6.07, 6.45) is 1.57. The largest absolute Gasteiger partial charge is 0.486 e. The van der Waals surface area contributed by atoms with Crippen LogP contribution in [-0.2, 0) is 11.4 Å². The van der Waals surface area contributed by atoms with Crippen molar-refractivity contribution in [2.45, 2.75) is 20.5 Å². The van der Waals surface area contributed by atoms with Crippen LogP contribution in [0.15, 0.2) is 58.6 Å². The van der Waals surface area contributed by atoms with Crippen molar-refractivity contribution in [2.24, 2.45) is 0 Å². The first-order valence-electron chi connectivity index (χ1n) is 9.43. The van der Waals surface area contributed by atoms with Crippen LogP contribution >= 0.6 is 23.8 Å². The molecule has 1 aliphatic rings. The highest BCUT2D eigenvalue weighted by molar-refractivity contribution is 7.80. The van der Waals surface area contributed by atoms with E-state index in [9.17, 15) is 9.18 Å². The zero-order chi connectivity index (χ0) is 22.1. The first kappa shape index (κ1) is 21.1. The van der Waals surface area contributed by atoms with Gasteiger partial charge in [-0.15, -0.1) is 0 Å². The van der Waals surface area contributed by atoms with Gasteiger partial charge in [0.15, 0.2) is 5.11 Å². The quantitative estimate of drug-likeness (QED) is 0.404. The number of benzene rings is 2. The summed E-state index contributed by atoms with van der Waals surface area (Å²) in [6, 6.07) is 12.8. The second-order valence-electron chi connectivity index (χ2n) is 7.07. The van der Waals surface area contributed by atoms with Crippen molar-refractivity contribution >= 4 is 46.6 Å². The SMILES string of the molecule is Cc1cc(OCc2ccc(/C=C3/NC(=S)N(c4ccc(F)cc4)C3=O)o2)cc(C)c1Cl. The van der Waals surface area contributed by atoms with Crippen molar-refractivity contribution in [3.8, 4) is 5.75 Å². The van der Waals surface area contributed by atoms with E-state index in [4.69, 9.17) is 33.0 Å². The number of carbonyl (C=O) groups excluding carboxylic acids is 1. The molecule has 0 bridgehead atoms. The zero-order valence-corrected chi connectivity index (χ0v) is 18.3. The summed E-state index contributed by atoms with van der Waals surface area (Å²) >= 11 is 11.4. The Balaban J connectivity index is 1.46. The molecule has 0 unspecified atom stereocenters. The van der Waals surface area contributed by atoms with E-state index in [0.29, 0.717) is 23.0 Å². The van der Waals surface area contributed by atoms with Crippen molar-refractivity contribution in [1.29, 1.82) is 0 Å². The molecule has 0 saturated carbocycles. The molecule has 0 spiro atoms. The van der Waals surface area contributed by atoms with Gasteiger partial charge < -0.3 is 14.5 Å². The average molecular weight is 457 g/mol. The Morgan fingerprint density at radius 1 is 1.16 bits per heavy atom. The van der Waals surface area contributed by atoms with Gasteiger partial charge in [-0.1, -0.05) is 11.6 Å². The van der Waals surface area contributed by atoms with Crippen LogP contribution in [0.3, 0.4) is 0 Å². The van der Waals surface area contributed by atoms with Gasteiger partial charge in [0.2, 0.25) is 0 Å². The summed E-state index contributed by atoms with van der Waals surface area (Å²) in [6.45, 7) is 4.07. The lowest BCUT2D eigenvalue weighted by molar-refractivity contribution is -0.113. The Hall–Kier alpha value is -3.16. The second kappa shape index (κ2) is 8.53. The summed E-state index contributed by atoms with van der Waals surface area (Å²) in [4.78, 5) is 14.1. The Kier molecular flexibility index (Phi) is 5.80. The van der Waals surface area contributed by atoms with Crippen LogP contribution in [0.4, 0.5) is 10.1 Å². The normalized spacial score (nSPS) is 15.0. The molecular weight excluding hydrogens is 439 g/mol. The molecule has 1 fully saturated rings. The van der Waals surface area contributed by atoms with Crippen LogP contribution < -0.4 is 15.0 Å². The third kappa shape index (κ3) is 4.47. The van der Waals surface area contributed by atoms with E-state index in [1.54, 1.807) is 18.2 Å². The zero-order valence-electron chi connectivity index (χ0n) is 16.7. The number of halogens is 2. The van der Waals surface area contributed by atoms with E-state index < -0.39 is 0 Å². The highest BCUT2D eigenvalue weighted by Crippen LogP contribution is 2.27. The first-order valence-corrected chi connectivity index (χ1v) is 10.2. The van der Waals surface area contributed by atoms with Crippen LogP contribution in [0.2, 0.25) is 5.02 Å². The molecule has 1 saturated heterocycles. The number of hydrogen-bond acceptors (Lipinski definition) is 4. The Morgan fingerprint density at radius 2 is 1.84 bits per heavy atom. The molecule has 4 rings (SSSR count). The van der Waals surface area contributed by atoms with Gasteiger partial charge in [0.05, 0.1) is 5.69 Å². The number of hydrogen-bond donors (Lipinski definition) is 1. The van der Waals surface area contributed by atoms with Crippen molar-refractivity contribution in [3.63, 3.8) is 0 Å². The van der Waals surface area contributed by atoms with E-state index in [1.807, 2.05) is 26.0 Å². The number of ether oxygens (including phenoxy) is 1. The fourth-order valence-corrected chi connectivity index (χ4v) is 3.60. The first-order chi connectivity index (χ1) is 14.8. The summed E-state index contributed by atoms with van der Waals surface area (Å²) in [5, 5.41) is 3.81. The number of thiocarbonyl (C=S) groups is 1. The smallest absolute Gasteiger partial charge is 0.281 e. The van der Waals surface area contributed by atoms with Crippen LogP contribution in [0, 0.1) is 19.7 Å². The van der Waals surface area contributed by atoms with E-state index in [1.165, 1.54) is 29.2 Å². The van der Waals surface area contributed by atoms with Crippen LogP contribution in [0.1, 0.15) is 22.6 Å². The summed E-state index contributed by atoms with van der Waals surface area (Å²) in [5.74, 6) is 1.03. The van der Waals surface area contributed by atoms with Gasteiger partial charge in [0.1, 0.15) is 35.4 Å². The molecular formula is C23H18ClFN2O3S. The summed E-state index contributed by atoms with van der Waals surface area (Å²) in [5.41, 5.74) is 2.62. The van der Waals surface area contributed by atoms with E-state index >= 15 is 0 Å². The van der Waals surface area contributed by atoms with E-state index in [2.05, 4.69) is 5.32 Å². The number of nitrogens with one attached hydrogen (secondary N) is 1. The molecule has 31 heavy (non-hydrogen) atoms. The third-order valence-electron chi connectivity index (χ3n) is 4.72. The number of amides is 1. The minimum absolute atomic E-state index is 0.214. The van der Waals surface area contributed by atoms with Crippen molar-refractivity contribution in [3.05, 3.63) is 87.7 Å². The van der Waals surface area contributed by atoms with Gasteiger partial charge in [-0.2, -0.15) is 0 Å². The number of nitrogens with zero attached hydrogens (tertiary/aromatic N) is 1. The summed E-state index contributed by atoms with van der Waals surface area (Å²) < 4.78 is 24.7. The maximum atomic E-state index is 13.2. The van der Waals surface area contributed by atoms with Gasteiger partial charge in [0.25, 0.3) is 5.91 Å². The number of rotatable bonds is 5. The van der Waals surface area contributed by atoms with E-state index in [0.717, 1.165) is 16.1 Å². The maximum Gasteiger partial charge on any atom is 0.281 e. The van der Waals surface area contributed by atoms with Crippen LogP contribution in [0.5, 0.6) is 5.75 Å². The standard InChI is InChI=1S/C23H18ClFN2O3S/c1-13-9-19(10-14(2)21(13)24)29-12-18-8-7-17(30-18)11-20-22(28)27(23(31)26-20)16-5-3-15(25)4-6-16/h3-11H,12H2,1-2H3,(H,26,31)/b20-11+. The number of furan rings is 1. The molecule has 1 aliphatic heterocycles. The average Bonchev–Trinajstić information content (AvgIpc) is 3.29. The lowest BCUT2D eigenvalue weighted by Gasteiger charge is -2.13. The van der Waals surface area contributed by atoms with Gasteiger partial charge >= 0.3 is 0 Å².